The summed E-state index contributed by atoms with van der Waals surface area (Å²) < 4.78 is 6.90. The fraction of sp³-hybridized carbons (Fsp3) is 0.438. The van der Waals surface area contributed by atoms with E-state index in [1.54, 1.807) is 11.8 Å². The van der Waals surface area contributed by atoms with Crippen molar-refractivity contribution in [2.24, 2.45) is 7.05 Å². The molecule has 0 amide bonds. The molecule has 2 rings (SSSR count). The highest BCUT2D eigenvalue weighted by Crippen LogP contribution is 2.22. The zero-order valence-electron chi connectivity index (χ0n) is 12.9. The Balaban J connectivity index is 1.99. The molecule has 0 spiro atoms. The third-order valence-electron chi connectivity index (χ3n) is 3.67. The lowest BCUT2D eigenvalue weighted by molar-refractivity contribution is 0.130. The van der Waals surface area contributed by atoms with Gasteiger partial charge in [-0.25, -0.2) is 0 Å². The fourth-order valence-electron chi connectivity index (χ4n) is 2.34. The smallest absolute Gasteiger partial charge is 0.118 e. The van der Waals surface area contributed by atoms with Crippen molar-refractivity contribution in [2.75, 3.05) is 7.11 Å². The first-order valence-corrected chi connectivity index (χ1v) is 7.08. The van der Waals surface area contributed by atoms with Crippen molar-refractivity contribution in [3.8, 4) is 5.75 Å². The van der Waals surface area contributed by atoms with Crippen LogP contribution in [-0.4, -0.2) is 28.0 Å². The second kappa shape index (κ2) is 6.74. The number of aliphatic hydroxyl groups is 1. The molecule has 0 fully saturated rings. The number of aliphatic hydroxyl groups excluding tert-OH is 1. The molecule has 2 aromatic rings. The zero-order valence-corrected chi connectivity index (χ0v) is 12.9. The number of hydrogen-bond acceptors (Lipinski definition) is 4. The number of rotatable bonds is 6. The molecule has 21 heavy (non-hydrogen) atoms. The molecule has 0 bridgehead atoms. The number of aryl methyl sites for hydroxylation is 1. The van der Waals surface area contributed by atoms with Crippen LogP contribution in [0.25, 0.3) is 0 Å². The van der Waals surface area contributed by atoms with E-state index in [0.717, 1.165) is 16.9 Å². The molecule has 1 heterocycles. The number of ether oxygens (including phenoxy) is 1. The minimum Gasteiger partial charge on any atom is -0.497 e. The van der Waals surface area contributed by atoms with Crippen LogP contribution in [0.15, 0.2) is 36.7 Å². The van der Waals surface area contributed by atoms with Gasteiger partial charge >= 0.3 is 0 Å². The van der Waals surface area contributed by atoms with Crippen molar-refractivity contribution >= 4 is 0 Å². The number of benzene rings is 1. The zero-order chi connectivity index (χ0) is 15.4. The Morgan fingerprint density at radius 3 is 2.38 bits per heavy atom. The van der Waals surface area contributed by atoms with Gasteiger partial charge in [-0.05, 0) is 31.5 Å². The maximum Gasteiger partial charge on any atom is 0.118 e. The third kappa shape index (κ3) is 3.83. The van der Waals surface area contributed by atoms with Gasteiger partial charge in [0.1, 0.15) is 5.75 Å². The molecule has 1 aromatic carbocycles. The van der Waals surface area contributed by atoms with Crippen molar-refractivity contribution < 1.29 is 9.84 Å². The monoisotopic (exact) mass is 289 g/mol. The van der Waals surface area contributed by atoms with Crippen molar-refractivity contribution in [3.63, 3.8) is 0 Å². The molecule has 114 valence electrons. The Kier molecular flexibility index (Phi) is 4.98. The molecule has 5 heteroatoms. The van der Waals surface area contributed by atoms with Crippen molar-refractivity contribution in [1.29, 1.82) is 0 Å². The van der Waals surface area contributed by atoms with Crippen molar-refractivity contribution in [2.45, 2.75) is 32.0 Å². The number of nitrogens with one attached hydrogen (secondary N) is 1. The van der Waals surface area contributed by atoms with Crippen LogP contribution in [0.5, 0.6) is 5.75 Å². The average molecular weight is 289 g/mol. The van der Waals surface area contributed by atoms with Gasteiger partial charge in [-0.2, -0.15) is 5.10 Å². The van der Waals surface area contributed by atoms with Gasteiger partial charge in [0, 0.05) is 30.9 Å². The Morgan fingerprint density at radius 2 is 1.86 bits per heavy atom. The normalized spacial score (nSPS) is 15.5. The summed E-state index contributed by atoms with van der Waals surface area (Å²) in [5.41, 5.74) is 1.97. The van der Waals surface area contributed by atoms with Crippen LogP contribution in [0.2, 0.25) is 0 Å². The van der Waals surface area contributed by atoms with Gasteiger partial charge in [0.05, 0.1) is 19.4 Å². The fourth-order valence-corrected chi connectivity index (χ4v) is 2.34. The molecule has 0 radical (unpaired) electrons. The predicted molar refractivity (Wildman–Crippen MR) is 82.2 cm³/mol. The molecule has 2 N–H and O–H groups in total. The SMILES string of the molecule is COc1ccc(C(O)C(C)NC(C)c2cnn(C)c2)cc1. The standard InChI is InChI=1S/C16H23N3O2/c1-11(14-9-17-19(3)10-14)18-12(2)16(20)13-5-7-15(21-4)8-6-13/h5-12,16,18,20H,1-4H3. The summed E-state index contributed by atoms with van der Waals surface area (Å²) in [7, 11) is 3.52. The van der Waals surface area contributed by atoms with E-state index >= 15 is 0 Å². The van der Waals surface area contributed by atoms with Gasteiger partial charge < -0.3 is 15.2 Å². The Bertz CT molecular complexity index is 565. The minimum absolute atomic E-state index is 0.0754. The van der Waals surface area contributed by atoms with E-state index < -0.39 is 6.10 Å². The van der Waals surface area contributed by atoms with Gasteiger partial charge in [0.25, 0.3) is 0 Å². The second-order valence-electron chi connectivity index (χ2n) is 5.34. The van der Waals surface area contributed by atoms with E-state index in [1.807, 2.05) is 50.6 Å². The van der Waals surface area contributed by atoms with Crippen LogP contribution in [-0.2, 0) is 7.05 Å². The van der Waals surface area contributed by atoms with Gasteiger partial charge in [-0.3, -0.25) is 4.68 Å². The molecule has 1 aromatic heterocycles. The summed E-state index contributed by atoms with van der Waals surface area (Å²) in [6.07, 6.45) is 3.24. The molecular formula is C16H23N3O2. The van der Waals surface area contributed by atoms with E-state index in [0.29, 0.717) is 0 Å². The Hall–Kier alpha value is -1.85. The molecule has 0 aliphatic rings. The maximum atomic E-state index is 10.4. The second-order valence-corrected chi connectivity index (χ2v) is 5.34. The van der Waals surface area contributed by atoms with E-state index in [4.69, 9.17) is 4.74 Å². The van der Waals surface area contributed by atoms with Crippen LogP contribution in [0.4, 0.5) is 0 Å². The summed E-state index contributed by atoms with van der Waals surface area (Å²) in [6.45, 7) is 4.04. The van der Waals surface area contributed by atoms with Crippen LogP contribution in [0.1, 0.15) is 37.1 Å². The highest BCUT2D eigenvalue weighted by molar-refractivity contribution is 5.29. The van der Waals surface area contributed by atoms with Gasteiger partial charge in [-0.1, -0.05) is 12.1 Å². The van der Waals surface area contributed by atoms with Gasteiger partial charge in [-0.15, -0.1) is 0 Å². The molecule has 3 atom stereocenters. The maximum absolute atomic E-state index is 10.4. The predicted octanol–water partition coefficient (Wildman–Crippen LogP) is 2.20. The molecular weight excluding hydrogens is 266 g/mol. The summed E-state index contributed by atoms with van der Waals surface area (Å²) in [6, 6.07) is 7.54. The molecule has 0 aliphatic carbocycles. The summed E-state index contributed by atoms with van der Waals surface area (Å²) >= 11 is 0. The summed E-state index contributed by atoms with van der Waals surface area (Å²) in [5, 5.41) is 18.0. The highest BCUT2D eigenvalue weighted by atomic mass is 16.5. The van der Waals surface area contributed by atoms with Crippen LogP contribution < -0.4 is 10.1 Å². The van der Waals surface area contributed by atoms with Crippen molar-refractivity contribution in [3.05, 3.63) is 47.8 Å². The first-order chi connectivity index (χ1) is 10.0. The molecule has 0 saturated heterocycles. The number of hydrogen-bond donors (Lipinski definition) is 2. The first-order valence-electron chi connectivity index (χ1n) is 7.08. The molecule has 0 saturated carbocycles. The number of aromatic nitrogens is 2. The molecule has 0 aliphatic heterocycles. The average Bonchev–Trinajstić information content (AvgIpc) is 2.93. The quantitative estimate of drug-likeness (QED) is 0.856. The van der Waals surface area contributed by atoms with Crippen LogP contribution >= 0.6 is 0 Å². The van der Waals surface area contributed by atoms with E-state index in [-0.39, 0.29) is 12.1 Å². The lowest BCUT2D eigenvalue weighted by Gasteiger charge is -2.24. The van der Waals surface area contributed by atoms with E-state index in [2.05, 4.69) is 17.3 Å². The topological polar surface area (TPSA) is 59.3 Å². The van der Waals surface area contributed by atoms with Gasteiger partial charge in [0.2, 0.25) is 0 Å². The molecule has 5 nitrogen and oxygen atoms in total. The first kappa shape index (κ1) is 15.5. The lowest BCUT2D eigenvalue weighted by Crippen LogP contribution is -2.34. The number of methoxy groups -OCH3 is 1. The number of nitrogens with zero attached hydrogens (tertiary/aromatic N) is 2. The summed E-state index contributed by atoms with van der Waals surface area (Å²) in [4.78, 5) is 0. The molecule has 3 unspecified atom stereocenters. The summed E-state index contributed by atoms with van der Waals surface area (Å²) in [5.74, 6) is 0.787. The van der Waals surface area contributed by atoms with E-state index in [9.17, 15) is 5.11 Å². The Morgan fingerprint density at radius 1 is 1.19 bits per heavy atom. The largest absolute Gasteiger partial charge is 0.497 e. The minimum atomic E-state index is -0.574. The van der Waals surface area contributed by atoms with Crippen LogP contribution in [0, 0.1) is 0 Å². The van der Waals surface area contributed by atoms with Crippen LogP contribution in [0.3, 0.4) is 0 Å². The third-order valence-corrected chi connectivity index (χ3v) is 3.67. The lowest BCUT2D eigenvalue weighted by atomic mass is 10.0. The van der Waals surface area contributed by atoms with E-state index in [1.165, 1.54) is 0 Å². The van der Waals surface area contributed by atoms with Crippen molar-refractivity contribution in [1.82, 2.24) is 15.1 Å². The highest BCUT2D eigenvalue weighted by Gasteiger charge is 2.19. The van der Waals surface area contributed by atoms with Gasteiger partial charge in [0.15, 0.2) is 0 Å². The Labute approximate surface area is 125 Å².